The van der Waals surface area contributed by atoms with Crippen LogP contribution in [0.4, 0.5) is 0 Å². The molecule has 3 unspecified atom stereocenters. The average molecular weight is 226 g/mol. The van der Waals surface area contributed by atoms with E-state index in [-0.39, 0.29) is 0 Å². The van der Waals surface area contributed by atoms with E-state index >= 15 is 0 Å². The Morgan fingerprint density at radius 2 is 2.19 bits per heavy atom. The van der Waals surface area contributed by atoms with E-state index in [1.165, 1.54) is 51.6 Å². The lowest BCUT2D eigenvalue weighted by Crippen LogP contribution is -2.44. The van der Waals surface area contributed by atoms with Crippen molar-refractivity contribution in [3.05, 3.63) is 0 Å². The molecule has 0 spiro atoms. The Labute approximate surface area is 99.2 Å². The van der Waals surface area contributed by atoms with Crippen molar-refractivity contribution in [2.24, 2.45) is 0 Å². The summed E-state index contributed by atoms with van der Waals surface area (Å²) in [4.78, 5) is 2.51. The van der Waals surface area contributed by atoms with Crippen LogP contribution in [-0.2, 0) is 0 Å². The number of likely N-dealkylation sites (tertiary alicyclic amines) is 1. The first-order valence-corrected chi connectivity index (χ1v) is 6.91. The van der Waals surface area contributed by atoms with Gasteiger partial charge in [-0.25, -0.2) is 0 Å². The maximum atomic E-state index is 9.33. The van der Waals surface area contributed by atoms with Crippen molar-refractivity contribution < 1.29 is 5.11 Å². The van der Waals surface area contributed by atoms with Gasteiger partial charge in [0.25, 0.3) is 0 Å². The van der Waals surface area contributed by atoms with E-state index in [1.807, 2.05) is 0 Å². The largest absolute Gasteiger partial charge is 0.395 e. The Morgan fingerprint density at radius 3 is 2.88 bits per heavy atom. The molecule has 0 saturated carbocycles. The summed E-state index contributed by atoms with van der Waals surface area (Å²) in [6, 6.07) is 1.76. The van der Waals surface area contributed by atoms with Crippen LogP contribution in [0.15, 0.2) is 0 Å². The molecule has 2 N–H and O–H groups in total. The molecular formula is C13H26N2O. The van der Waals surface area contributed by atoms with Gasteiger partial charge >= 0.3 is 0 Å². The van der Waals surface area contributed by atoms with Crippen LogP contribution in [0, 0.1) is 0 Å². The van der Waals surface area contributed by atoms with Crippen molar-refractivity contribution in [3.8, 4) is 0 Å². The molecule has 94 valence electrons. The van der Waals surface area contributed by atoms with Crippen LogP contribution < -0.4 is 5.32 Å². The van der Waals surface area contributed by atoms with Crippen molar-refractivity contribution in [3.63, 3.8) is 0 Å². The van der Waals surface area contributed by atoms with Crippen LogP contribution >= 0.6 is 0 Å². The highest BCUT2D eigenvalue weighted by Crippen LogP contribution is 2.23. The van der Waals surface area contributed by atoms with Crippen molar-refractivity contribution >= 4 is 0 Å². The maximum Gasteiger partial charge on any atom is 0.0586 e. The minimum Gasteiger partial charge on any atom is -0.395 e. The van der Waals surface area contributed by atoms with E-state index in [9.17, 15) is 5.11 Å². The number of nitrogens with zero attached hydrogens (tertiary/aromatic N) is 1. The van der Waals surface area contributed by atoms with Gasteiger partial charge in [0.15, 0.2) is 0 Å². The molecule has 2 rings (SSSR count). The number of rotatable bonds is 4. The molecule has 2 fully saturated rings. The minimum absolute atomic E-state index is 0.336. The van der Waals surface area contributed by atoms with Crippen LogP contribution in [0.5, 0.6) is 0 Å². The van der Waals surface area contributed by atoms with E-state index in [0.29, 0.717) is 24.7 Å². The Bertz CT molecular complexity index is 204. The summed E-state index contributed by atoms with van der Waals surface area (Å²) < 4.78 is 0. The normalized spacial score (nSPS) is 34.1. The van der Waals surface area contributed by atoms with Gasteiger partial charge in [0.05, 0.1) is 6.61 Å². The molecule has 0 aromatic heterocycles. The summed E-state index contributed by atoms with van der Waals surface area (Å²) in [5.41, 5.74) is 0. The van der Waals surface area contributed by atoms with Crippen LogP contribution in [0.3, 0.4) is 0 Å². The number of aliphatic hydroxyl groups is 1. The quantitative estimate of drug-likeness (QED) is 0.760. The third kappa shape index (κ3) is 2.96. The molecule has 2 saturated heterocycles. The second-order valence-corrected chi connectivity index (χ2v) is 5.45. The molecule has 2 aliphatic rings. The highest BCUT2D eigenvalue weighted by molar-refractivity contribution is 4.85. The molecular weight excluding hydrogens is 200 g/mol. The molecule has 3 nitrogen and oxygen atoms in total. The zero-order valence-corrected chi connectivity index (χ0v) is 10.5. The molecule has 2 aliphatic heterocycles. The highest BCUT2D eigenvalue weighted by Gasteiger charge is 2.29. The fraction of sp³-hybridized carbons (Fsp3) is 1.00. The number of aliphatic hydroxyl groups excluding tert-OH is 1. The molecule has 0 radical (unpaired) electrons. The number of piperidine rings is 1. The first-order chi connectivity index (χ1) is 7.81. The van der Waals surface area contributed by atoms with E-state index in [0.717, 1.165) is 0 Å². The topological polar surface area (TPSA) is 35.5 Å². The zero-order valence-electron chi connectivity index (χ0n) is 10.5. The number of nitrogens with one attached hydrogen (secondary N) is 1. The van der Waals surface area contributed by atoms with Crippen molar-refractivity contribution in [2.75, 3.05) is 19.7 Å². The van der Waals surface area contributed by atoms with Crippen molar-refractivity contribution in [1.82, 2.24) is 10.2 Å². The van der Waals surface area contributed by atoms with Crippen LogP contribution in [0.25, 0.3) is 0 Å². The Kier molecular flexibility index (Phi) is 4.62. The van der Waals surface area contributed by atoms with Crippen LogP contribution in [0.2, 0.25) is 0 Å². The lowest BCUT2D eigenvalue weighted by molar-refractivity contribution is 0.113. The molecule has 3 atom stereocenters. The van der Waals surface area contributed by atoms with E-state index in [4.69, 9.17) is 0 Å². The van der Waals surface area contributed by atoms with Gasteiger partial charge in [0.2, 0.25) is 0 Å². The van der Waals surface area contributed by atoms with Crippen LogP contribution in [0.1, 0.15) is 45.4 Å². The number of hydrogen-bond donors (Lipinski definition) is 2. The fourth-order valence-electron chi connectivity index (χ4n) is 3.31. The van der Waals surface area contributed by atoms with Gasteiger partial charge in [-0.3, -0.25) is 4.90 Å². The fourth-order valence-corrected chi connectivity index (χ4v) is 3.31. The predicted molar refractivity (Wildman–Crippen MR) is 66.5 cm³/mol. The smallest absolute Gasteiger partial charge is 0.0586 e. The standard InChI is InChI=1S/C13H26N2O/c1-11(9-12-5-2-3-7-14-12)15-8-4-6-13(15)10-16/h11-14,16H,2-10H2,1H3. The zero-order chi connectivity index (χ0) is 11.4. The van der Waals surface area contributed by atoms with Gasteiger partial charge in [-0.15, -0.1) is 0 Å². The van der Waals surface area contributed by atoms with E-state index < -0.39 is 0 Å². The van der Waals surface area contributed by atoms with Gasteiger partial charge in [-0.1, -0.05) is 6.42 Å². The third-order valence-electron chi connectivity index (χ3n) is 4.24. The van der Waals surface area contributed by atoms with Crippen molar-refractivity contribution in [2.45, 2.75) is 63.6 Å². The summed E-state index contributed by atoms with van der Waals surface area (Å²) >= 11 is 0. The minimum atomic E-state index is 0.336. The Hall–Kier alpha value is -0.120. The van der Waals surface area contributed by atoms with E-state index in [1.54, 1.807) is 0 Å². The second-order valence-electron chi connectivity index (χ2n) is 5.45. The molecule has 16 heavy (non-hydrogen) atoms. The molecule has 2 heterocycles. The Morgan fingerprint density at radius 1 is 1.31 bits per heavy atom. The van der Waals surface area contributed by atoms with Crippen molar-refractivity contribution in [1.29, 1.82) is 0 Å². The molecule has 0 aromatic rings. The molecule has 0 aromatic carbocycles. The average Bonchev–Trinajstić information content (AvgIpc) is 2.78. The van der Waals surface area contributed by atoms with Gasteiger partial charge in [-0.05, 0) is 52.1 Å². The first-order valence-electron chi connectivity index (χ1n) is 6.91. The second kappa shape index (κ2) is 5.99. The van der Waals surface area contributed by atoms with E-state index in [2.05, 4.69) is 17.1 Å². The SMILES string of the molecule is CC(CC1CCCCN1)N1CCCC1CO. The summed E-state index contributed by atoms with van der Waals surface area (Å²) in [6.45, 7) is 5.03. The Balaban J connectivity index is 1.79. The summed E-state index contributed by atoms with van der Waals surface area (Å²) in [7, 11) is 0. The van der Waals surface area contributed by atoms with Gasteiger partial charge < -0.3 is 10.4 Å². The van der Waals surface area contributed by atoms with Gasteiger partial charge in [0, 0.05) is 18.1 Å². The summed E-state index contributed by atoms with van der Waals surface area (Å²) in [5.74, 6) is 0. The molecule has 0 bridgehead atoms. The first kappa shape index (κ1) is 12.3. The summed E-state index contributed by atoms with van der Waals surface area (Å²) in [5, 5.41) is 13.0. The molecule has 3 heteroatoms. The van der Waals surface area contributed by atoms with Gasteiger partial charge in [-0.2, -0.15) is 0 Å². The summed E-state index contributed by atoms with van der Waals surface area (Å²) in [6.07, 6.45) is 7.74. The molecule has 0 aliphatic carbocycles. The lowest BCUT2D eigenvalue weighted by atomic mass is 9.98. The van der Waals surface area contributed by atoms with Gasteiger partial charge in [0.1, 0.15) is 0 Å². The highest BCUT2D eigenvalue weighted by atomic mass is 16.3. The lowest BCUT2D eigenvalue weighted by Gasteiger charge is -2.33. The maximum absolute atomic E-state index is 9.33. The molecule has 0 amide bonds. The number of hydrogen-bond acceptors (Lipinski definition) is 3. The monoisotopic (exact) mass is 226 g/mol. The van der Waals surface area contributed by atoms with Crippen LogP contribution in [-0.4, -0.2) is 47.8 Å². The predicted octanol–water partition coefficient (Wildman–Crippen LogP) is 1.36. The third-order valence-corrected chi connectivity index (χ3v) is 4.24.